The second kappa shape index (κ2) is 4.87. The molecule has 2 N–H and O–H groups in total. The van der Waals surface area contributed by atoms with Crippen LogP contribution in [-0.4, -0.2) is 19.7 Å². The molecule has 0 aliphatic rings. The Bertz CT molecular complexity index is 576. The van der Waals surface area contributed by atoms with Gasteiger partial charge >= 0.3 is 6.18 Å². The first-order chi connectivity index (χ1) is 8.91. The highest BCUT2D eigenvalue weighted by molar-refractivity contribution is 5.57. The van der Waals surface area contributed by atoms with E-state index < -0.39 is 12.0 Å². The van der Waals surface area contributed by atoms with Crippen LogP contribution < -0.4 is 5.73 Å². The van der Waals surface area contributed by atoms with Crippen LogP contribution in [0.15, 0.2) is 18.3 Å². The number of alkyl halides is 3. The topological polar surface area (TPSA) is 69.6 Å². The monoisotopic (exact) mass is 271 g/mol. The molecule has 0 amide bonds. The molecule has 8 heteroatoms. The SMILES string of the molecule is CCCn1nccc1-c1cc(N)nc(C(F)(F)F)n1. The molecule has 0 saturated heterocycles. The van der Waals surface area contributed by atoms with E-state index in [4.69, 9.17) is 5.73 Å². The normalized spacial score (nSPS) is 11.8. The van der Waals surface area contributed by atoms with E-state index >= 15 is 0 Å². The van der Waals surface area contributed by atoms with Gasteiger partial charge in [0, 0.05) is 18.8 Å². The molecular formula is C11H12F3N5. The minimum atomic E-state index is -4.63. The Hall–Kier alpha value is -2.12. The van der Waals surface area contributed by atoms with Crippen LogP contribution in [0, 0.1) is 0 Å². The number of hydrogen-bond donors (Lipinski definition) is 1. The van der Waals surface area contributed by atoms with E-state index in [1.807, 2.05) is 6.92 Å². The molecule has 2 rings (SSSR count). The first kappa shape index (κ1) is 13.3. The summed E-state index contributed by atoms with van der Waals surface area (Å²) < 4.78 is 39.5. The predicted molar refractivity (Wildman–Crippen MR) is 63.0 cm³/mol. The number of halogens is 3. The molecule has 0 aliphatic carbocycles. The first-order valence-electron chi connectivity index (χ1n) is 5.65. The number of nitrogens with zero attached hydrogens (tertiary/aromatic N) is 4. The summed E-state index contributed by atoms with van der Waals surface area (Å²) in [7, 11) is 0. The largest absolute Gasteiger partial charge is 0.451 e. The zero-order valence-corrected chi connectivity index (χ0v) is 10.1. The van der Waals surface area contributed by atoms with Crippen molar-refractivity contribution in [3.8, 4) is 11.4 Å². The van der Waals surface area contributed by atoms with Crippen molar-refractivity contribution in [2.45, 2.75) is 26.1 Å². The van der Waals surface area contributed by atoms with Gasteiger partial charge in [-0.2, -0.15) is 18.3 Å². The standard InChI is InChI=1S/C11H12F3N5/c1-2-5-19-8(3-4-16-19)7-6-9(15)18-10(17-7)11(12,13)14/h3-4,6H,2,5H2,1H3,(H2,15,17,18). The number of aromatic nitrogens is 4. The molecule has 0 aromatic carbocycles. The maximum Gasteiger partial charge on any atom is 0.451 e. The first-order valence-corrected chi connectivity index (χ1v) is 5.65. The molecule has 0 atom stereocenters. The van der Waals surface area contributed by atoms with Crippen molar-refractivity contribution in [3.63, 3.8) is 0 Å². The zero-order valence-electron chi connectivity index (χ0n) is 10.1. The van der Waals surface area contributed by atoms with Crippen molar-refractivity contribution in [1.82, 2.24) is 19.7 Å². The van der Waals surface area contributed by atoms with Crippen molar-refractivity contribution in [2.75, 3.05) is 5.73 Å². The highest BCUT2D eigenvalue weighted by atomic mass is 19.4. The average molecular weight is 271 g/mol. The fourth-order valence-corrected chi connectivity index (χ4v) is 1.66. The second-order valence-corrected chi connectivity index (χ2v) is 3.94. The highest BCUT2D eigenvalue weighted by Crippen LogP contribution is 2.29. The molecule has 0 aliphatic heterocycles. The Kier molecular flexibility index (Phi) is 3.41. The van der Waals surface area contributed by atoms with E-state index in [2.05, 4.69) is 15.1 Å². The third kappa shape index (κ3) is 2.83. The Balaban J connectivity index is 2.50. The van der Waals surface area contributed by atoms with Gasteiger partial charge in [0.2, 0.25) is 5.82 Å². The molecule has 2 heterocycles. The van der Waals surface area contributed by atoms with Crippen LogP contribution in [0.25, 0.3) is 11.4 Å². The Morgan fingerprint density at radius 1 is 1.32 bits per heavy atom. The van der Waals surface area contributed by atoms with Crippen LogP contribution in [0.3, 0.4) is 0 Å². The lowest BCUT2D eigenvalue weighted by atomic mass is 10.2. The molecule has 2 aromatic rings. The molecule has 19 heavy (non-hydrogen) atoms. The molecule has 5 nitrogen and oxygen atoms in total. The number of nitrogens with two attached hydrogens (primary N) is 1. The summed E-state index contributed by atoms with van der Waals surface area (Å²) in [6.07, 6.45) is -2.31. The van der Waals surface area contributed by atoms with E-state index in [0.717, 1.165) is 6.42 Å². The van der Waals surface area contributed by atoms with Crippen molar-refractivity contribution < 1.29 is 13.2 Å². The summed E-state index contributed by atoms with van der Waals surface area (Å²) in [6.45, 7) is 2.54. The summed E-state index contributed by atoms with van der Waals surface area (Å²) in [5.41, 5.74) is 6.01. The summed E-state index contributed by atoms with van der Waals surface area (Å²) in [5.74, 6) is -1.46. The number of hydrogen-bond acceptors (Lipinski definition) is 4. The number of rotatable bonds is 3. The number of aryl methyl sites for hydroxylation is 1. The van der Waals surface area contributed by atoms with Gasteiger partial charge in [-0.3, -0.25) is 4.68 Å². The summed E-state index contributed by atoms with van der Waals surface area (Å²) in [6, 6.07) is 2.90. The maximum atomic E-state index is 12.6. The minimum absolute atomic E-state index is 0.116. The van der Waals surface area contributed by atoms with Gasteiger partial charge in [-0.05, 0) is 12.5 Å². The smallest absolute Gasteiger partial charge is 0.384 e. The highest BCUT2D eigenvalue weighted by Gasteiger charge is 2.35. The van der Waals surface area contributed by atoms with Crippen molar-refractivity contribution in [3.05, 3.63) is 24.2 Å². The average Bonchev–Trinajstić information content (AvgIpc) is 2.76. The van der Waals surface area contributed by atoms with Gasteiger partial charge in [0.25, 0.3) is 0 Å². The van der Waals surface area contributed by atoms with Gasteiger partial charge < -0.3 is 5.73 Å². The number of nitrogen functional groups attached to an aromatic ring is 1. The maximum absolute atomic E-state index is 12.6. The van der Waals surface area contributed by atoms with Crippen LogP contribution in [-0.2, 0) is 12.7 Å². The fraction of sp³-hybridized carbons (Fsp3) is 0.364. The molecule has 0 radical (unpaired) electrons. The lowest BCUT2D eigenvalue weighted by Crippen LogP contribution is -2.13. The second-order valence-electron chi connectivity index (χ2n) is 3.94. The van der Waals surface area contributed by atoms with Crippen molar-refractivity contribution >= 4 is 5.82 Å². The van der Waals surface area contributed by atoms with Crippen LogP contribution in [0.5, 0.6) is 0 Å². The van der Waals surface area contributed by atoms with E-state index in [-0.39, 0.29) is 11.5 Å². The van der Waals surface area contributed by atoms with Crippen LogP contribution in [0.4, 0.5) is 19.0 Å². The molecule has 0 saturated carbocycles. The third-order valence-corrected chi connectivity index (χ3v) is 2.41. The third-order valence-electron chi connectivity index (χ3n) is 2.41. The Labute approximate surface area is 107 Å². The van der Waals surface area contributed by atoms with E-state index in [9.17, 15) is 13.2 Å². The predicted octanol–water partition coefficient (Wildman–Crippen LogP) is 2.35. The molecule has 0 spiro atoms. The molecule has 2 aromatic heterocycles. The van der Waals surface area contributed by atoms with E-state index in [1.54, 1.807) is 10.7 Å². The fourth-order valence-electron chi connectivity index (χ4n) is 1.66. The zero-order chi connectivity index (χ0) is 14.0. The van der Waals surface area contributed by atoms with Crippen LogP contribution >= 0.6 is 0 Å². The molecule has 102 valence electrons. The minimum Gasteiger partial charge on any atom is -0.384 e. The lowest BCUT2D eigenvalue weighted by molar-refractivity contribution is -0.144. The van der Waals surface area contributed by atoms with Gasteiger partial charge in [0.1, 0.15) is 5.82 Å². The van der Waals surface area contributed by atoms with E-state index in [1.165, 1.54) is 12.3 Å². The molecule has 0 unspecified atom stereocenters. The Morgan fingerprint density at radius 2 is 2.05 bits per heavy atom. The molecule has 0 fully saturated rings. The molecule has 0 bridgehead atoms. The van der Waals surface area contributed by atoms with Crippen LogP contribution in [0.1, 0.15) is 19.2 Å². The van der Waals surface area contributed by atoms with E-state index in [0.29, 0.717) is 12.2 Å². The van der Waals surface area contributed by atoms with Crippen molar-refractivity contribution in [2.24, 2.45) is 0 Å². The van der Waals surface area contributed by atoms with Gasteiger partial charge in [-0.25, -0.2) is 9.97 Å². The van der Waals surface area contributed by atoms with Gasteiger partial charge in [-0.1, -0.05) is 6.92 Å². The van der Waals surface area contributed by atoms with Crippen LogP contribution in [0.2, 0.25) is 0 Å². The summed E-state index contributed by atoms with van der Waals surface area (Å²) in [4.78, 5) is 6.72. The van der Waals surface area contributed by atoms with Gasteiger partial charge in [0.15, 0.2) is 0 Å². The summed E-state index contributed by atoms with van der Waals surface area (Å²) in [5, 5.41) is 4.04. The van der Waals surface area contributed by atoms with Gasteiger partial charge in [-0.15, -0.1) is 0 Å². The number of anilines is 1. The summed E-state index contributed by atoms with van der Waals surface area (Å²) >= 11 is 0. The quantitative estimate of drug-likeness (QED) is 0.930. The lowest BCUT2D eigenvalue weighted by Gasteiger charge is -2.09. The van der Waals surface area contributed by atoms with Gasteiger partial charge in [0.05, 0.1) is 11.4 Å². The Morgan fingerprint density at radius 3 is 2.68 bits per heavy atom. The van der Waals surface area contributed by atoms with Crippen molar-refractivity contribution in [1.29, 1.82) is 0 Å². The molecular weight excluding hydrogens is 259 g/mol.